The summed E-state index contributed by atoms with van der Waals surface area (Å²) in [6.07, 6.45) is -2.47. The van der Waals surface area contributed by atoms with Crippen molar-refractivity contribution in [1.29, 1.82) is 0 Å². The zero-order chi connectivity index (χ0) is 13.8. The van der Waals surface area contributed by atoms with Crippen LogP contribution in [0.1, 0.15) is 12.5 Å². The fourth-order valence-electron chi connectivity index (χ4n) is 1.93. The monoisotopic (exact) mass is 257 g/mol. The lowest BCUT2D eigenvalue weighted by molar-refractivity contribution is -0.144. The number of hydrogen-bond acceptors (Lipinski definition) is 2. The Bertz CT molecular complexity index is 397. The first-order valence-electron chi connectivity index (χ1n) is 5.62. The number of aliphatic carboxylic acids is 1. The van der Waals surface area contributed by atoms with Gasteiger partial charge >= 0.3 is 5.97 Å². The molecule has 0 bridgehead atoms. The Balaban J connectivity index is 2.92. The van der Waals surface area contributed by atoms with Gasteiger partial charge in [-0.2, -0.15) is 0 Å². The first kappa shape index (κ1) is 14.6. The van der Waals surface area contributed by atoms with Crippen LogP contribution in [0.3, 0.4) is 0 Å². The van der Waals surface area contributed by atoms with Crippen LogP contribution in [0.15, 0.2) is 30.3 Å². The Morgan fingerprint density at radius 1 is 1.39 bits per heavy atom. The zero-order valence-electron chi connectivity index (χ0n) is 10.4. The van der Waals surface area contributed by atoms with E-state index < -0.39 is 24.4 Å². The lowest BCUT2D eigenvalue weighted by Crippen LogP contribution is -2.44. The van der Waals surface area contributed by atoms with E-state index in [1.54, 1.807) is 37.3 Å². The van der Waals surface area contributed by atoms with E-state index in [1.165, 1.54) is 11.9 Å². The lowest BCUT2D eigenvalue weighted by atomic mass is 9.82. The zero-order valence-corrected chi connectivity index (χ0v) is 10.4. The lowest BCUT2D eigenvalue weighted by Gasteiger charge is -2.30. The average molecular weight is 257 g/mol. The van der Waals surface area contributed by atoms with Crippen LogP contribution in [0, 0.1) is 0 Å². The smallest absolute Gasteiger partial charge is 0.315 e. The highest BCUT2D eigenvalue weighted by molar-refractivity contribution is 5.81. The number of carbonyl (C=O) groups is 1. The van der Waals surface area contributed by atoms with Gasteiger partial charge in [0.05, 0.1) is 6.54 Å². The van der Waals surface area contributed by atoms with Crippen LogP contribution in [0.4, 0.5) is 8.78 Å². The normalized spacial score (nSPS) is 14.8. The van der Waals surface area contributed by atoms with Crippen LogP contribution >= 0.6 is 0 Å². The van der Waals surface area contributed by atoms with E-state index in [-0.39, 0.29) is 6.54 Å². The van der Waals surface area contributed by atoms with Crippen molar-refractivity contribution in [2.24, 2.45) is 0 Å². The van der Waals surface area contributed by atoms with Crippen LogP contribution in [0.25, 0.3) is 0 Å². The Morgan fingerprint density at radius 3 is 2.39 bits per heavy atom. The van der Waals surface area contributed by atoms with Gasteiger partial charge in [0.15, 0.2) is 0 Å². The summed E-state index contributed by atoms with van der Waals surface area (Å²) in [5.74, 6) is -1.02. The maximum atomic E-state index is 12.3. The van der Waals surface area contributed by atoms with Crippen LogP contribution in [0.2, 0.25) is 0 Å². The van der Waals surface area contributed by atoms with Gasteiger partial charge in [0, 0.05) is 6.54 Å². The molecular formula is C13H17F2NO2. The third-order valence-corrected chi connectivity index (χ3v) is 2.92. The summed E-state index contributed by atoms with van der Waals surface area (Å²) >= 11 is 0. The Hall–Kier alpha value is -1.49. The number of nitrogens with zero attached hydrogens (tertiary/aromatic N) is 1. The molecule has 1 N–H and O–H groups in total. The number of alkyl halides is 2. The molecule has 1 aromatic rings. The molecule has 0 aromatic heterocycles. The number of carboxylic acids is 1. The fourth-order valence-corrected chi connectivity index (χ4v) is 1.93. The maximum absolute atomic E-state index is 12.3. The quantitative estimate of drug-likeness (QED) is 0.849. The Kier molecular flexibility index (Phi) is 4.78. The number of rotatable bonds is 6. The average Bonchev–Trinajstić information content (AvgIpc) is 2.28. The minimum atomic E-state index is -2.47. The topological polar surface area (TPSA) is 40.5 Å². The molecule has 0 heterocycles. The first-order valence-corrected chi connectivity index (χ1v) is 5.62. The van der Waals surface area contributed by atoms with Crippen molar-refractivity contribution >= 4 is 5.97 Å². The van der Waals surface area contributed by atoms with Crippen molar-refractivity contribution in [3.05, 3.63) is 35.9 Å². The molecule has 0 saturated carbocycles. The van der Waals surface area contributed by atoms with Crippen molar-refractivity contribution in [2.45, 2.75) is 18.8 Å². The molecule has 1 unspecified atom stereocenters. The third kappa shape index (κ3) is 3.50. The molecule has 0 radical (unpaired) electrons. The SMILES string of the molecule is CN(CC(F)F)CC(C)(C(=O)O)c1ccccc1. The van der Waals surface area contributed by atoms with Gasteiger partial charge in [0.1, 0.15) is 5.41 Å². The number of halogens is 2. The van der Waals surface area contributed by atoms with Gasteiger partial charge in [-0.05, 0) is 19.5 Å². The van der Waals surface area contributed by atoms with Crippen molar-refractivity contribution in [3.63, 3.8) is 0 Å². The van der Waals surface area contributed by atoms with Gasteiger partial charge in [-0.25, -0.2) is 8.78 Å². The molecule has 1 aromatic carbocycles. The minimum Gasteiger partial charge on any atom is -0.481 e. The molecule has 100 valence electrons. The van der Waals surface area contributed by atoms with Crippen molar-refractivity contribution in [3.8, 4) is 0 Å². The van der Waals surface area contributed by atoms with Crippen LogP contribution in [-0.2, 0) is 10.2 Å². The molecule has 3 nitrogen and oxygen atoms in total. The van der Waals surface area contributed by atoms with Gasteiger partial charge in [0.2, 0.25) is 0 Å². The standard InChI is InChI=1S/C13H17F2NO2/c1-13(12(17)18,9-16(2)8-11(14)15)10-6-4-3-5-7-10/h3-7,11H,8-9H2,1-2H3,(H,17,18). The highest BCUT2D eigenvalue weighted by Crippen LogP contribution is 2.25. The highest BCUT2D eigenvalue weighted by atomic mass is 19.3. The molecule has 0 aliphatic heterocycles. The predicted molar refractivity (Wildman–Crippen MR) is 64.9 cm³/mol. The molecule has 5 heteroatoms. The first-order chi connectivity index (χ1) is 8.36. The summed E-state index contributed by atoms with van der Waals surface area (Å²) in [4.78, 5) is 12.8. The second-order valence-corrected chi connectivity index (χ2v) is 4.59. The molecule has 0 saturated heterocycles. The Labute approximate surface area is 105 Å². The molecule has 0 aliphatic carbocycles. The summed E-state index contributed by atoms with van der Waals surface area (Å²) in [5, 5.41) is 9.35. The van der Waals surface area contributed by atoms with Crippen LogP contribution < -0.4 is 0 Å². The summed E-state index contributed by atoms with van der Waals surface area (Å²) in [6.45, 7) is 1.15. The van der Waals surface area contributed by atoms with Crippen molar-refractivity contribution < 1.29 is 18.7 Å². The van der Waals surface area contributed by atoms with E-state index in [1.807, 2.05) is 0 Å². The molecule has 18 heavy (non-hydrogen) atoms. The van der Waals surface area contributed by atoms with E-state index >= 15 is 0 Å². The van der Waals surface area contributed by atoms with Crippen molar-refractivity contribution in [2.75, 3.05) is 20.1 Å². The highest BCUT2D eigenvalue weighted by Gasteiger charge is 2.36. The van der Waals surface area contributed by atoms with E-state index in [2.05, 4.69) is 0 Å². The van der Waals surface area contributed by atoms with E-state index in [0.29, 0.717) is 5.56 Å². The van der Waals surface area contributed by atoms with Gasteiger partial charge in [-0.15, -0.1) is 0 Å². The number of likely N-dealkylation sites (N-methyl/N-ethyl adjacent to an activating group) is 1. The summed E-state index contributed by atoms with van der Waals surface area (Å²) in [5.41, 5.74) is -0.580. The summed E-state index contributed by atoms with van der Waals surface area (Å²) in [7, 11) is 1.50. The predicted octanol–water partition coefficient (Wildman–Crippen LogP) is 2.23. The van der Waals surface area contributed by atoms with Gasteiger partial charge in [-0.1, -0.05) is 30.3 Å². The third-order valence-electron chi connectivity index (χ3n) is 2.92. The molecule has 0 fully saturated rings. The molecular weight excluding hydrogens is 240 g/mol. The van der Waals surface area contributed by atoms with Crippen LogP contribution in [0.5, 0.6) is 0 Å². The fraction of sp³-hybridized carbons (Fsp3) is 0.462. The number of hydrogen-bond donors (Lipinski definition) is 1. The van der Waals surface area contributed by atoms with Gasteiger partial charge in [0.25, 0.3) is 6.43 Å². The van der Waals surface area contributed by atoms with E-state index in [9.17, 15) is 18.7 Å². The molecule has 0 spiro atoms. The van der Waals surface area contributed by atoms with Gasteiger partial charge in [-0.3, -0.25) is 9.69 Å². The molecule has 1 rings (SSSR count). The Morgan fingerprint density at radius 2 is 1.94 bits per heavy atom. The largest absolute Gasteiger partial charge is 0.481 e. The van der Waals surface area contributed by atoms with E-state index in [4.69, 9.17) is 0 Å². The second-order valence-electron chi connectivity index (χ2n) is 4.59. The minimum absolute atomic E-state index is 0.0384. The van der Waals surface area contributed by atoms with E-state index in [0.717, 1.165) is 0 Å². The second kappa shape index (κ2) is 5.91. The van der Waals surface area contributed by atoms with Gasteiger partial charge < -0.3 is 5.11 Å². The molecule has 0 amide bonds. The molecule has 1 atom stereocenters. The summed E-state index contributed by atoms with van der Waals surface area (Å²) in [6, 6.07) is 8.66. The number of benzene rings is 1. The molecule has 0 aliphatic rings. The number of carboxylic acid groups (broad SMARTS) is 1. The maximum Gasteiger partial charge on any atom is 0.315 e. The van der Waals surface area contributed by atoms with Crippen molar-refractivity contribution in [1.82, 2.24) is 4.90 Å². The van der Waals surface area contributed by atoms with Crippen LogP contribution in [-0.4, -0.2) is 42.5 Å². The summed E-state index contributed by atoms with van der Waals surface area (Å²) < 4.78 is 24.5.